The fourth-order valence-corrected chi connectivity index (χ4v) is 2.89. The van der Waals surface area contributed by atoms with Gasteiger partial charge in [0, 0.05) is 12.2 Å². The van der Waals surface area contributed by atoms with Crippen molar-refractivity contribution in [3.05, 3.63) is 65.7 Å². The Morgan fingerprint density at radius 3 is 2.24 bits per heavy atom. The van der Waals surface area contributed by atoms with Gasteiger partial charge in [0.05, 0.1) is 5.56 Å². The van der Waals surface area contributed by atoms with Crippen LogP contribution in [0.5, 0.6) is 0 Å². The molecule has 0 saturated carbocycles. The summed E-state index contributed by atoms with van der Waals surface area (Å²) in [5.41, 5.74) is 7.87. The van der Waals surface area contributed by atoms with Crippen LogP contribution in [0, 0.1) is 0 Å². The molecule has 2 aromatic rings. The molecule has 1 atom stereocenters. The third kappa shape index (κ3) is 5.74. The van der Waals surface area contributed by atoms with E-state index in [1.54, 1.807) is 24.3 Å². The number of halogens is 1. The summed E-state index contributed by atoms with van der Waals surface area (Å²) in [4.78, 5) is 14.8. The molecular weight excluding hydrogens is 340 g/mol. The van der Waals surface area contributed by atoms with Gasteiger partial charge in [0.25, 0.3) is 0 Å². The fourth-order valence-electron chi connectivity index (χ4n) is 2.89. The molecule has 1 aliphatic rings. The van der Waals surface area contributed by atoms with Crippen LogP contribution in [0.15, 0.2) is 54.6 Å². The number of nitrogens with two attached hydrogens (primary N) is 1. The van der Waals surface area contributed by atoms with E-state index in [9.17, 15) is 4.79 Å². The topological polar surface area (TPSA) is 87.1 Å². The first-order chi connectivity index (χ1) is 11.2. The summed E-state index contributed by atoms with van der Waals surface area (Å²) in [6.07, 6.45) is 2.18. The average Bonchev–Trinajstić information content (AvgIpc) is 3.09. The molecule has 4 N–H and O–H groups in total. The molecule has 25 heavy (non-hydrogen) atoms. The molecule has 2 aromatic carbocycles. The first-order valence-corrected chi connectivity index (χ1v) is 8.06. The number of esters is 1. The fraction of sp³-hybridized carbons (Fsp3) is 0.316. The number of nitrogens with zero attached hydrogens (tertiary/aromatic N) is 1. The van der Waals surface area contributed by atoms with Crippen molar-refractivity contribution in [3.63, 3.8) is 0 Å². The number of hydrogen-bond acceptors (Lipinski definition) is 4. The zero-order valence-corrected chi connectivity index (χ0v) is 14.9. The lowest BCUT2D eigenvalue weighted by Crippen LogP contribution is -2.28. The molecule has 5 nitrogen and oxygen atoms in total. The summed E-state index contributed by atoms with van der Waals surface area (Å²) in [7, 11) is 0. The normalized spacial score (nSPS) is 14.9. The first kappa shape index (κ1) is 21.0. The average molecular weight is 365 g/mol. The second-order valence-electron chi connectivity index (χ2n) is 5.93. The SMILES string of the molecule is Cl.Nc1ccc(C(=O)OC(CN2CCCC2)c2ccccc2)cc1.O. The van der Waals surface area contributed by atoms with Crippen LogP contribution in [-0.4, -0.2) is 36.0 Å². The lowest BCUT2D eigenvalue weighted by Gasteiger charge is -2.24. The Kier molecular flexibility index (Phi) is 8.41. The van der Waals surface area contributed by atoms with Gasteiger partial charge in [-0.05, 0) is 55.8 Å². The monoisotopic (exact) mass is 364 g/mol. The number of benzene rings is 2. The summed E-state index contributed by atoms with van der Waals surface area (Å²) < 4.78 is 5.80. The number of anilines is 1. The van der Waals surface area contributed by atoms with Gasteiger partial charge in [0.1, 0.15) is 6.10 Å². The van der Waals surface area contributed by atoms with Crippen LogP contribution in [0.25, 0.3) is 0 Å². The second kappa shape index (κ2) is 10.0. The zero-order valence-electron chi connectivity index (χ0n) is 14.1. The van der Waals surface area contributed by atoms with Crippen molar-refractivity contribution in [3.8, 4) is 0 Å². The number of nitrogen functional groups attached to an aromatic ring is 1. The molecule has 0 amide bonds. The molecule has 0 spiro atoms. The third-order valence-corrected chi connectivity index (χ3v) is 4.19. The van der Waals surface area contributed by atoms with Crippen LogP contribution in [-0.2, 0) is 4.74 Å². The van der Waals surface area contributed by atoms with Crippen molar-refractivity contribution in [2.75, 3.05) is 25.4 Å². The molecule has 1 fully saturated rings. The highest BCUT2D eigenvalue weighted by molar-refractivity contribution is 5.89. The number of likely N-dealkylation sites (tertiary alicyclic amines) is 1. The Hall–Kier alpha value is -2.08. The molecule has 1 saturated heterocycles. The molecule has 136 valence electrons. The van der Waals surface area contributed by atoms with E-state index in [0.29, 0.717) is 11.3 Å². The van der Waals surface area contributed by atoms with E-state index in [1.807, 2.05) is 30.3 Å². The number of rotatable bonds is 5. The summed E-state index contributed by atoms with van der Waals surface area (Å²) in [6.45, 7) is 2.89. The minimum absolute atomic E-state index is 0. The van der Waals surface area contributed by atoms with Crippen molar-refractivity contribution in [2.45, 2.75) is 18.9 Å². The maximum Gasteiger partial charge on any atom is 0.338 e. The molecule has 0 bridgehead atoms. The number of carbonyl (C=O) groups excluding carboxylic acids is 1. The highest BCUT2D eigenvalue weighted by Crippen LogP contribution is 2.23. The molecule has 3 rings (SSSR count). The van der Waals surface area contributed by atoms with E-state index >= 15 is 0 Å². The Bertz CT molecular complexity index is 643. The van der Waals surface area contributed by atoms with Crippen LogP contribution in [0.1, 0.15) is 34.9 Å². The maximum atomic E-state index is 12.4. The van der Waals surface area contributed by atoms with Crippen molar-refractivity contribution < 1.29 is 15.0 Å². The lowest BCUT2D eigenvalue weighted by molar-refractivity contribution is 0.0216. The molecule has 0 radical (unpaired) electrons. The quantitative estimate of drug-likeness (QED) is 0.652. The predicted octanol–water partition coefficient (Wildman–Crippen LogP) is 2.86. The first-order valence-electron chi connectivity index (χ1n) is 8.06. The van der Waals surface area contributed by atoms with Crippen molar-refractivity contribution in [1.29, 1.82) is 0 Å². The predicted molar refractivity (Wildman–Crippen MR) is 102 cm³/mol. The van der Waals surface area contributed by atoms with Crippen LogP contribution in [0.3, 0.4) is 0 Å². The van der Waals surface area contributed by atoms with Gasteiger partial charge in [0.2, 0.25) is 0 Å². The second-order valence-corrected chi connectivity index (χ2v) is 5.93. The van der Waals surface area contributed by atoms with Crippen LogP contribution in [0.2, 0.25) is 0 Å². The molecule has 1 aliphatic heterocycles. The summed E-state index contributed by atoms with van der Waals surface area (Å²) >= 11 is 0. The van der Waals surface area contributed by atoms with E-state index in [4.69, 9.17) is 10.5 Å². The Morgan fingerprint density at radius 1 is 1.04 bits per heavy atom. The van der Waals surface area contributed by atoms with Crippen molar-refractivity contribution >= 4 is 24.1 Å². The Morgan fingerprint density at radius 2 is 1.64 bits per heavy atom. The van der Waals surface area contributed by atoms with Crippen molar-refractivity contribution in [2.24, 2.45) is 0 Å². The van der Waals surface area contributed by atoms with Gasteiger partial charge in [-0.3, -0.25) is 4.90 Å². The van der Waals surface area contributed by atoms with Gasteiger partial charge in [-0.1, -0.05) is 30.3 Å². The Balaban J connectivity index is 0.00000156. The smallest absolute Gasteiger partial charge is 0.338 e. The molecule has 0 aliphatic carbocycles. The number of hydrogen-bond donors (Lipinski definition) is 1. The largest absolute Gasteiger partial charge is 0.453 e. The van der Waals surface area contributed by atoms with E-state index in [2.05, 4.69) is 4.90 Å². The van der Waals surface area contributed by atoms with E-state index < -0.39 is 0 Å². The van der Waals surface area contributed by atoms with E-state index in [1.165, 1.54) is 12.8 Å². The highest BCUT2D eigenvalue weighted by Gasteiger charge is 2.22. The van der Waals surface area contributed by atoms with E-state index in [-0.39, 0.29) is 30.0 Å². The maximum absolute atomic E-state index is 12.4. The summed E-state index contributed by atoms with van der Waals surface area (Å²) in [6, 6.07) is 16.8. The lowest BCUT2D eigenvalue weighted by atomic mass is 10.1. The van der Waals surface area contributed by atoms with Crippen LogP contribution in [0.4, 0.5) is 5.69 Å². The number of ether oxygens (including phenoxy) is 1. The highest BCUT2D eigenvalue weighted by atomic mass is 35.5. The van der Waals surface area contributed by atoms with Gasteiger partial charge in [-0.25, -0.2) is 4.79 Å². The summed E-state index contributed by atoms with van der Waals surface area (Å²) in [5.74, 6) is -0.307. The molecule has 1 heterocycles. The van der Waals surface area contributed by atoms with Crippen LogP contribution < -0.4 is 5.73 Å². The minimum atomic E-state index is -0.307. The van der Waals surface area contributed by atoms with Crippen LogP contribution >= 0.6 is 12.4 Å². The third-order valence-electron chi connectivity index (χ3n) is 4.19. The minimum Gasteiger partial charge on any atom is -0.453 e. The standard InChI is InChI=1S/C19H22N2O2.ClH.H2O/c20-17-10-8-16(9-11-17)19(22)23-18(14-21-12-4-5-13-21)15-6-2-1-3-7-15;;/h1-3,6-11,18H,4-5,12-14,20H2;1H;1H2. The van der Waals surface area contributed by atoms with Gasteiger partial charge >= 0.3 is 5.97 Å². The van der Waals surface area contributed by atoms with Gasteiger partial charge in [-0.2, -0.15) is 0 Å². The number of carbonyl (C=O) groups is 1. The molecule has 6 heteroatoms. The summed E-state index contributed by atoms with van der Waals surface area (Å²) in [5, 5.41) is 0. The molecular formula is C19H25ClN2O3. The van der Waals surface area contributed by atoms with Gasteiger partial charge < -0.3 is 15.9 Å². The zero-order chi connectivity index (χ0) is 16.1. The van der Waals surface area contributed by atoms with Gasteiger partial charge in [-0.15, -0.1) is 12.4 Å². The van der Waals surface area contributed by atoms with E-state index in [0.717, 1.165) is 25.2 Å². The van der Waals surface area contributed by atoms with Crippen molar-refractivity contribution in [1.82, 2.24) is 4.90 Å². The molecule has 1 unspecified atom stereocenters. The Labute approximate surface area is 154 Å². The van der Waals surface area contributed by atoms with Gasteiger partial charge in [0.15, 0.2) is 0 Å². The molecule has 0 aromatic heterocycles.